The van der Waals surface area contributed by atoms with Crippen LogP contribution in [0.4, 0.5) is 4.79 Å². The molecule has 112 valence electrons. The highest BCUT2D eigenvalue weighted by atomic mass is 16.7. The molecule has 19 heavy (non-hydrogen) atoms. The van der Waals surface area contributed by atoms with E-state index in [4.69, 9.17) is 19.3 Å². The molecule has 0 saturated carbocycles. The first-order valence-electron chi connectivity index (χ1n) is 5.85. The van der Waals surface area contributed by atoms with E-state index in [1.165, 1.54) is 7.11 Å². The van der Waals surface area contributed by atoms with E-state index in [0.717, 1.165) is 0 Å². The van der Waals surface area contributed by atoms with Crippen molar-refractivity contribution in [3.05, 3.63) is 0 Å². The van der Waals surface area contributed by atoms with Crippen molar-refractivity contribution in [1.82, 2.24) is 5.32 Å². The third-order valence-electron chi connectivity index (χ3n) is 2.15. The summed E-state index contributed by atoms with van der Waals surface area (Å²) in [6, 6.07) is -1.25. The van der Waals surface area contributed by atoms with Crippen LogP contribution in [0.2, 0.25) is 0 Å². The number of rotatable bonds is 6. The van der Waals surface area contributed by atoms with Crippen molar-refractivity contribution in [2.24, 2.45) is 0 Å². The van der Waals surface area contributed by atoms with Gasteiger partial charge in [-0.15, -0.1) is 0 Å². The SMILES string of the molecule is COCOC(C)(C)C(NC(=O)OC(C)(C)C)C(=O)O. The minimum absolute atomic E-state index is 0.0766. The third kappa shape index (κ3) is 6.97. The Morgan fingerprint density at radius 2 is 1.74 bits per heavy atom. The van der Waals surface area contributed by atoms with Crippen LogP contribution in [0, 0.1) is 0 Å². The highest BCUT2D eigenvalue weighted by molar-refractivity contribution is 5.81. The lowest BCUT2D eigenvalue weighted by Crippen LogP contribution is -2.56. The van der Waals surface area contributed by atoms with Crippen molar-refractivity contribution >= 4 is 12.1 Å². The van der Waals surface area contributed by atoms with Gasteiger partial charge in [0.25, 0.3) is 0 Å². The Bertz CT molecular complexity index is 321. The molecule has 0 fully saturated rings. The molecular weight excluding hydrogens is 254 g/mol. The third-order valence-corrected chi connectivity index (χ3v) is 2.15. The molecule has 0 bridgehead atoms. The number of ether oxygens (including phenoxy) is 3. The number of alkyl carbamates (subject to hydrolysis) is 1. The number of carboxylic acid groups (broad SMARTS) is 1. The quantitative estimate of drug-likeness (QED) is 0.712. The molecule has 0 saturated heterocycles. The van der Waals surface area contributed by atoms with E-state index in [1.807, 2.05) is 0 Å². The van der Waals surface area contributed by atoms with Gasteiger partial charge in [-0.2, -0.15) is 0 Å². The number of hydrogen-bond acceptors (Lipinski definition) is 5. The number of nitrogens with one attached hydrogen (secondary N) is 1. The van der Waals surface area contributed by atoms with Crippen LogP contribution in [0.25, 0.3) is 0 Å². The summed E-state index contributed by atoms with van der Waals surface area (Å²) in [5.41, 5.74) is -1.84. The molecule has 0 aromatic heterocycles. The van der Waals surface area contributed by atoms with Crippen molar-refractivity contribution in [3.8, 4) is 0 Å². The van der Waals surface area contributed by atoms with E-state index in [1.54, 1.807) is 34.6 Å². The van der Waals surface area contributed by atoms with Gasteiger partial charge in [0.05, 0.1) is 5.60 Å². The summed E-state index contributed by atoms with van der Waals surface area (Å²) in [6.07, 6.45) is -0.811. The van der Waals surface area contributed by atoms with Gasteiger partial charge < -0.3 is 24.6 Å². The summed E-state index contributed by atoms with van der Waals surface area (Å²) < 4.78 is 15.0. The maximum Gasteiger partial charge on any atom is 0.408 e. The first-order chi connectivity index (χ1) is 8.49. The molecule has 0 radical (unpaired) electrons. The topological polar surface area (TPSA) is 94.1 Å². The van der Waals surface area contributed by atoms with E-state index in [9.17, 15) is 9.59 Å². The largest absolute Gasteiger partial charge is 0.480 e. The van der Waals surface area contributed by atoms with Gasteiger partial charge in [-0.1, -0.05) is 0 Å². The van der Waals surface area contributed by atoms with Gasteiger partial charge in [0.2, 0.25) is 0 Å². The second-order valence-corrected chi connectivity index (χ2v) is 5.57. The average molecular weight is 277 g/mol. The van der Waals surface area contributed by atoms with Crippen LogP contribution in [-0.2, 0) is 19.0 Å². The standard InChI is InChI=1S/C12H23NO6/c1-11(2,3)19-10(16)13-8(9(14)15)12(4,5)18-7-17-6/h8H,7H2,1-6H3,(H,13,16)(H,14,15). The summed E-state index contributed by atoms with van der Waals surface area (Å²) >= 11 is 0. The molecule has 0 aromatic rings. The van der Waals surface area contributed by atoms with E-state index in [0.29, 0.717) is 0 Å². The van der Waals surface area contributed by atoms with Gasteiger partial charge in [-0.3, -0.25) is 0 Å². The number of carbonyl (C=O) groups excluding carboxylic acids is 1. The zero-order chi connectivity index (χ0) is 15.3. The van der Waals surface area contributed by atoms with Gasteiger partial charge >= 0.3 is 12.1 Å². The number of hydrogen-bond donors (Lipinski definition) is 2. The molecule has 1 unspecified atom stereocenters. The first kappa shape index (κ1) is 17.7. The fourth-order valence-corrected chi connectivity index (χ4v) is 1.25. The molecular formula is C12H23NO6. The van der Waals surface area contributed by atoms with Crippen LogP contribution in [-0.4, -0.2) is 48.3 Å². The molecule has 0 aliphatic carbocycles. The minimum Gasteiger partial charge on any atom is -0.480 e. The Balaban J connectivity index is 4.75. The number of amides is 1. The molecule has 7 heteroatoms. The van der Waals surface area contributed by atoms with Gasteiger partial charge in [-0.25, -0.2) is 9.59 Å². The van der Waals surface area contributed by atoms with E-state index < -0.39 is 29.3 Å². The summed E-state index contributed by atoms with van der Waals surface area (Å²) in [5.74, 6) is -1.22. The van der Waals surface area contributed by atoms with Gasteiger partial charge in [0.1, 0.15) is 12.4 Å². The van der Waals surface area contributed by atoms with Crippen molar-refractivity contribution in [1.29, 1.82) is 0 Å². The van der Waals surface area contributed by atoms with E-state index in [-0.39, 0.29) is 6.79 Å². The lowest BCUT2D eigenvalue weighted by atomic mass is 9.99. The highest BCUT2D eigenvalue weighted by Gasteiger charge is 2.38. The molecule has 0 aromatic carbocycles. The summed E-state index contributed by atoms with van der Waals surface area (Å²) in [6.45, 7) is 8.08. The van der Waals surface area contributed by atoms with E-state index >= 15 is 0 Å². The van der Waals surface area contributed by atoms with Crippen LogP contribution < -0.4 is 5.32 Å². The lowest BCUT2D eigenvalue weighted by molar-refractivity contribution is -0.160. The summed E-state index contributed by atoms with van der Waals surface area (Å²) in [7, 11) is 1.42. The van der Waals surface area contributed by atoms with E-state index in [2.05, 4.69) is 5.32 Å². The smallest absolute Gasteiger partial charge is 0.408 e. The van der Waals surface area contributed by atoms with Crippen LogP contribution in [0.3, 0.4) is 0 Å². The molecule has 0 aliphatic heterocycles. The Labute approximate surface area is 113 Å². The Morgan fingerprint density at radius 1 is 1.21 bits per heavy atom. The van der Waals surface area contributed by atoms with Crippen LogP contribution in [0.1, 0.15) is 34.6 Å². The zero-order valence-corrected chi connectivity index (χ0v) is 12.3. The zero-order valence-electron chi connectivity index (χ0n) is 12.3. The molecule has 0 aliphatic rings. The molecule has 0 rings (SSSR count). The molecule has 1 amide bonds. The average Bonchev–Trinajstić information content (AvgIpc) is 2.20. The Morgan fingerprint density at radius 3 is 2.11 bits per heavy atom. The van der Waals surface area contributed by atoms with Gasteiger partial charge in [0.15, 0.2) is 6.04 Å². The second-order valence-electron chi connectivity index (χ2n) is 5.57. The highest BCUT2D eigenvalue weighted by Crippen LogP contribution is 2.16. The van der Waals surface area contributed by atoms with Crippen LogP contribution in [0.15, 0.2) is 0 Å². The minimum atomic E-state index is -1.25. The monoisotopic (exact) mass is 277 g/mol. The molecule has 0 heterocycles. The second kappa shape index (κ2) is 6.72. The number of carboxylic acids is 1. The summed E-state index contributed by atoms with van der Waals surface area (Å²) in [4.78, 5) is 22.8. The predicted molar refractivity (Wildman–Crippen MR) is 67.8 cm³/mol. The lowest BCUT2D eigenvalue weighted by Gasteiger charge is -2.32. The Kier molecular flexibility index (Phi) is 6.24. The fraction of sp³-hybridized carbons (Fsp3) is 0.833. The number of carbonyl (C=O) groups is 2. The van der Waals surface area contributed by atoms with Gasteiger partial charge in [0, 0.05) is 7.11 Å². The number of methoxy groups -OCH3 is 1. The van der Waals surface area contributed by atoms with Crippen LogP contribution >= 0.6 is 0 Å². The predicted octanol–water partition coefficient (Wildman–Crippen LogP) is 1.36. The van der Waals surface area contributed by atoms with Crippen molar-refractivity contribution in [3.63, 3.8) is 0 Å². The maximum absolute atomic E-state index is 11.6. The normalized spacial score (nSPS) is 13.8. The van der Waals surface area contributed by atoms with Crippen molar-refractivity contribution in [2.75, 3.05) is 13.9 Å². The molecule has 0 spiro atoms. The fourth-order valence-electron chi connectivity index (χ4n) is 1.25. The Hall–Kier alpha value is -1.34. The molecule has 1 atom stereocenters. The molecule has 7 nitrogen and oxygen atoms in total. The number of aliphatic carboxylic acids is 1. The molecule has 2 N–H and O–H groups in total. The summed E-state index contributed by atoms with van der Waals surface area (Å²) in [5, 5.41) is 11.4. The van der Waals surface area contributed by atoms with Crippen LogP contribution in [0.5, 0.6) is 0 Å². The van der Waals surface area contributed by atoms with Gasteiger partial charge in [-0.05, 0) is 34.6 Å². The maximum atomic E-state index is 11.6. The van der Waals surface area contributed by atoms with Crippen molar-refractivity contribution < 1.29 is 28.9 Å². The van der Waals surface area contributed by atoms with Crippen molar-refractivity contribution in [2.45, 2.75) is 51.9 Å². The first-order valence-corrected chi connectivity index (χ1v) is 5.85.